The average Bonchev–Trinajstić information content (AvgIpc) is 2.15. The van der Waals surface area contributed by atoms with Crippen molar-refractivity contribution in [1.29, 1.82) is 0 Å². The lowest BCUT2D eigenvalue weighted by atomic mass is 10.1. The summed E-state index contributed by atoms with van der Waals surface area (Å²) in [5, 5.41) is 2.77. The lowest BCUT2D eigenvalue weighted by Gasteiger charge is -2.22. The van der Waals surface area contributed by atoms with E-state index in [2.05, 4.69) is 10.3 Å². The van der Waals surface area contributed by atoms with Gasteiger partial charge in [0.15, 0.2) is 0 Å². The van der Waals surface area contributed by atoms with E-state index in [1.165, 1.54) is 0 Å². The number of alkyl carbamates (subject to hydrolysis) is 1. The highest BCUT2D eigenvalue weighted by molar-refractivity contribution is 5.68. The van der Waals surface area contributed by atoms with Crippen molar-refractivity contribution in [3.8, 4) is 0 Å². The minimum absolute atomic E-state index is 0.113. The van der Waals surface area contributed by atoms with E-state index in [1.54, 1.807) is 6.20 Å². The molecule has 0 unspecified atom stereocenters. The molecule has 1 aromatic rings. The number of carbonyl (C=O) groups excluding carboxylic acids is 1. The largest absolute Gasteiger partial charge is 0.444 e. The molecule has 0 aliphatic carbocycles. The topological polar surface area (TPSA) is 51.2 Å². The maximum absolute atomic E-state index is 11.6. The van der Waals surface area contributed by atoms with Crippen LogP contribution in [0.1, 0.15) is 45.0 Å². The van der Waals surface area contributed by atoms with Crippen molar-refractivity contribution in [3.05, 3.63) is 29.6 Å². The molecule has 1 rings (SSSR count). The highest BCUT2D eigenvalue weighted by Gasteiger charge is 2.18. The number of rotatable bonds is 2. The number of hydrogen-bond donors (Lipinski definition) is 1. The van der Waals surface area contributed by atoms with Gasteiger partial charge in [0.1, 0.15) is 5.60 Å². The fourth-order valence-electron chi connectivity index (χ4n) is 1.30. The third-order valence-corrected chi connectivity index (χ3v) is 2.17. The summed E-state index contributed by atoms with van der Waals surface area (Å²) < 4.78 is 5.18. The average molecular weight is 236 g/mol. The highest BCUT2D eigenvalue weighted by Crippen LogP contribution is 2.13. The van der Waals surface area contributed by atoms with Crippen molar-refractivity contribution in [3.63, 3.8) is 0 Å². The second kappa shape index (κ2) is 5.17. The minimum Gasteiger partial charge on any atom is -0.444 e. The van der Waals surface area contributed by atoms with Gasteiger partial charge in [0.05, 0.1) is 6.04 Å². The molecule has 1 N–H and O–H groups in total. The molecule has 94 valence electrons. The SMILES string of the molecule is Cc1ccc([C@H](C)NC(=O)OC(C)(C)C)cn1. The van der Waals surface area contributed by atoms with Crippen LogP contribution in [0.25, 0.3) is 0 Å². The molecule has 17 heavy (non-hydrogen) atoms. The van der Waals surface area contributed by atoms with Crippen LogP contribution in [-0.2, 0) is 4.74 Å². The van der Waals surface area contributed by atoms with Gasteiger partial charge in [-0.3, -0.25) is 4.98 Å². The summed E-state index contributed by atoms with van der Waals surface area (Å²) in [5.41, 5.74) is 1.44. The van der Waals surface area contributed by atoms with Crippen molar-refractivity contribution >= 4 is 6.09 Å². The molecule has 4 nitrogen and oxygen atoms in total. The van der Waals surface area contributed by atoms with E-state index in [-0.39, 0.29) is 6.04 Å². The summed E-state index contributed by atoms with van der Waals surface area (Å²) in [4.78, 5) is 15.7. The van der Waals surface area contributed by atoms with Gasteiger partial charge < -0.3 is 10.1 Å². The zero-order valence-electron chi connectivity index (χ0n) is 11.1. The fraction of sp³-hybridized carbons (Fsp3) is 0.538. The highest BCUT2D eigenvalue weighted by atomic mass is 16.6. The third kappa shape index (κ3) is 4.85. The monoisotopic (exact) mass is 236 g/mol. The molecule has 1 aromatic heterocycles. The van der Waals surface area contributed by atoms with Crippen LogP contribution < -0.4 is 5.32 Å². The maximum atomic E-state index is 11.6. The van der Waals surface area contributed by atoms with Crippen molar-refractivity contribution in [2.45, 2.75) is 46.3 Å². The summed E-state index contributed by atoms with van der Waals surface area (Å²) in [5.74, 6) is 0. The standard InChI is InChI=1S/C13H20N2O2/c1-9-6-7-11(8-14-9)10(2)15-12(16)17-13(3,4)5/h6-8,10H,1-5H3,(H,15,16)/t10-/m0/s1. The van der Waals surface area contributed by atoms with Crippen LogP contribution in [0.3, 0.4) is 0 Å². The normalized spacial score (nSPS) is 13.0. The summed E-state index contributed by atoms with van der Waals surface area (Å²) in [6, 6.07) is 3.76. The molecule has 0 spiro atoms. The molecule has 4 heteroatoms. The number of hydrogen-bond acceptors (Lipinski definition) is 3. The van der Waals surface area contributed by atoms with E-state index >= 15 is 0 Å². The smallest absolute Gasteiger partial charge is 0.408 e. The predicted molar refractivity (Wildman–Crippen MR) is 66.8 cm³/mol. The molecule has 1 amide bonds. The van der Waals surface area contributed by atoms with Crippen LogP contribution in [0.15, 0.2) is 18.3 Å². The number of carbonyl (C=O) groups is 1. The number of pyridine rings is 1. The molecule has 0 aromatic carbocycles. The quantitative estimate of drug-likeness (QED) is 0.858. The summed E-state index contributed by atoms with van der Waals surface area (Å²) in [6.45, 7) is 9.34. The van der Waals surface area contributed by atoms with Crippen LogP contribution in [0, 0.1) is 6.92 Å². The van der Waals surface area contributed by atoms with Gasteiger partial charge in [-0.15, -0.1) is 0 Å². The predicted octanol–water partition coefficient (Wildman–Crippen LogP) is 2.98. The number of aromatic nitrogens is 1. The fourth-order valence-corrected chi connectivity index (χ4v) is 1.30. The van der Waals surface area contributed by atoms with Crippen LogP contribution in [-0.4, -0.2) is 16.7 Å². The van der Waals surface area contributed by atoms with Crippen molar-refractivity contribution in [2.75, 3.05) is 0 Å². The van der Waals surface area contributed by atoms with Gasteiger partial charge in [-0.05, 0) is 46.2 Å². The van der Waals surface area contributed by atoms with Gasteiger partial charge in [-0.2, -0.15) is 0 Å². The third-order valence-electron chi connectivity index (χ3n) is 2.17. The molecule has 0 aliphatic heterocycles. The lowest BCUT2D eigenvalue weighted by Crippen LogP contribution is -2.34. The van der Waals surface area contributed by atoms with E-state index in [1.807, 2.05) is 46.8 Å². The second-order valence-corrected chi connectivity index (χ2v) is 5.10. The Kier molecular flexibility index (Phi) is 4.10. The van der Waals surface area contributed by atoms with Crippen molar-refractivity contribution in [1.82, 2.24) is 10.3 Å². The van der Waals surface area contributed by atoms with Gasteiger partial charge in [-0.1, -0.05) is 6.07 Å². The maximum Gasteiger partial charge on any atom is 0.408 e. The number of amides is 1. The Hall–Kier alpha value is -1.58. The van der Waals surface area contributed by atoms with Gasteiger partial charge in [0.2, 0.25) is 0 Å². The van der Waals surface area contributed by atoms with E-state index in [0.29, 0.717) is 0 Å². The Bertz CT molecular complexity index is 379. The summed E-state index contributed by atoms with van der Waals surface area (Å²) in [7, 11) is 0. The molecule has 0 bridgehead atoms. The van der Waals surface area contributed by atoms with Gasteiger partial charge >= 0.3 is 6.09 Å². The van der Waals surface area contributed by atoms with E-state index in [9.17, 15) is 4.79 Å². The number of nitrogens with zero attached hydrogens (tertiary/aromatic N) is 1. The first-order valence-electron chi connectivity index (χ1n) is 5.70. The first kappa shape index (κ1) is 13.5. The van der Waals surface area contributed by atoms with Crippen LogP contribution in [0.5, 0.6) is 0 Å². The van der Waals surface area contributed by atoms with Crippen molar-refractivity contribution < 1.29 is 9.53 Å². The Balaban J connectivity index is 2.57. The van der Waals surface area contributed by atoms with Crippen LogP contribution in [0.2, 0.25) is 0 Å². The molecule has 1 atom stereocenters. The lowest BCUT2D eigenvalue weighted by molar-refractivity contribution is 0.0508. The molecular weight excluding hydrogens is 216 g/mol. The van der Waals surface area contributed by atoms with Crippen LogP contribution >= 0.6 is 0 Å². The van der Waals surface area contributed by atoms with E-state index in [0.717, 1.165) is 11.3 Å². The Morgan fingerprint density at radius 2 is 2.06 bits per heavy atom. The zero-order chi connectivity index (χ0) is 13.1. The minimum atomic E-state index is -0.477. The molecule has 0 saturated carbocycles. The molecule has 0 aliphatic rings. The first-order valence-corrected chi connectivity index (χ1v) is 5.70. The Morgan fingerprint density at radius 1 is 1.41 bits per heavy atom. The summed E-state index contributed by atoms with van der Waals surface area (Å²) >= 11 is 0. The first-order chi connectivity index (χ1) is 7.78. The number of nitrogens with one attached hydrogen (secondary N) is 1. The van der Waals surface area contributed by atoms with Gasteiger partial charge in [0.25, 0.3) is 0 Å². The Morgan fingerprint density at radius 3 is 2.53 bits per heavy atom. The molecule has 1 heterocycles. The summed E-state index contributed by atoms with van der Waals surface area (Å²) in [6.07, 6.45) is 1.35. The molecule has 0 saturated heterocycles. The second-order valence-electron chi connectivity index (χ2n) is 5.10. The van der Waals surface area contributed by atoms with Gasteiger partial charge in [-0.25, -0.2) is 4.79 Å². The molecule has 0 radical (unpaired) electrons. The molecular formula is C13H20N2O2. The van der Waals surface area contributed by atoms with E-state index < -0.39 is 11.7 Å². The van der Waals surface area contributed by atoms with Gasteiger partial charge in [0, 0.05) is 11.9 Å². The van der Waals surface area contributed by atoms with Crippen molar-refractivity contribution in [2.24, 2.45) is 0 Å². The van der Waals surface area contributed by atoms with E-state index in [4.69, 9.17) is 4.74 Å². The number of aryl methyl sites for hydroxylation is 1. The Labute approximate surface area is 102 Å². The zero-order valence-corrected chi connectivity index (χ0v) is 11.1. The number of ether oxygens (including phenoxy) is 1. The molecule has 0 fully saturated rings. The van der Waals surface area contributed by atoms with Crippen LogP contribution in [0.4, 0.5) is 4.79 Å².